The number of nitrogens with zero attached hydrogens (tertiary/aromatic N) is 2. The van der Waals surface area contributed by atoms with E-state index in [-0.39, 0.29) is 30.9 Å². The number of rotatable bonds is 16. The van der Waals surface area contributed by atoms with Crippen molar-refractivity contribution in [2.24, 2.45) is 11.8 Å². The molecule has 9 heteroatoms. The third kappa shape index (κ3) is 5.93. The molecule has 5 atom stereocenters. The molecule has 1 N–H and O–H groups in total. The van der Waals surface area contributed by atoms with E-state index in [1.165, 1.54) is 0 Å². The Hall–Kier alpha value is -2.78. The molecule has 1 aromatic rings. The third-order valence-electron chi connectivity index (χ3n) is 8.83. The molecule has 3 aliphatic heterocycles. The lowest BCUT2D eigenvalue weighted by atomic mass is 9.66. The van der Waals surface area contributed by atoms with E-state index in [2.05, 4.69) is 20.1 Å². The minimum atomic E-state index is -0.714. The van der Waals surface area contributed by atoms with E-state index in [0.717, 1.165) is 32.1 Å². The second-order valence-electron chi connectivity index (χ2n) is 11.4. The summed E-state index contributed by atoms with van der Waals surface area (Å²) in [5.41, 5.74) is 0.697. The first-order chi connectivity index (χ1) is 19.8. The Morgan fingerprint density at radius 1 is 1.12 bits per heavy atom. The Morgan fingerprint density at radius 2 is 1.88 bits per heavy atom. The number of likely N-dealkylation sites (tertiary alicyclic amines) is 1. The number of carbonyl (C=O) groups is 3. The number of esters is 1. The molecular formula is C32H44N2O6S. The number of carbonyl (C=O) groups excluding carboxylic acids is 3. The second kappa shape index (κ2) is 13.5. The van der Waals surface area contributed by atoms with Gasteiger partial charge in [-0.2, -0.15) is 0 Å². The topological polar surface area (TPSA) is 96.4 Å². The maximum absolute atomic E-state index is 14.6. The number of aliphatic hydroxyl groups is 1. The lowest BCUT2D eigenvalue weighted by molar-refractivity contribution is -0.155. The van der Waals surface area contributed by atoms with Gasteiger partial charge in [0.25, 0.3) is 5.91 Å². The molecule has 0 aromatic heterocycles. The van der Waals surface area contributed by atoms with E-state index in [1.807, 2.05) is 30.3 Å². The Kier molecular flexibility index (Phi) is 10.2. The minimum absolute atomic E-state index is 0.0857. The normalized spacial score (nSPS) is 27.9. The third-order valence-corrected chi connectivity index (χ3v) is 10.8. The summed E-state index contributed by atoms with van der Waals surface area (Å²) in [5, 5.41) is 9.29. The smallest absolute Gasteiger partial charge is 0.311 e. The summed E-state index contributed by atoms with van der Waals surface area (Å²) >= 11 is 1.65. The first-order valence-corrected chi connectivity index (χ1v) is 15.5. The van der Waals surface area contributed by atoms with Crippen molar-refractivity contribution in [2.45, 2.75) is 73.8 Å². The molecule has 0 radical (unpaired) electrons. The molecule has 1 spiro atoms. The van der Waals surface area contributed by atoms with Crippen molar-refractivity contribution in [3.63, 3.8) is 0 Å². The fourth-order valence-corrected chi connectivity index (χ4v) is 9.23. The van der Waals surface area contributed by atoms with Gasteiger partial charge in [0.2, 0.25) is 5.91 Å². The van der Waals surface area contributed by atoms with Gasteiger partial charge in [0, 0.05) is 30.1 Å². The van der Waals surface area contributed by atoms with Gasteiger partial charge in [0.15, 0.2) is 0 Å². The maximum Gasteiger partial charge on any atom is 0.311 e. The molecule has 4 rings (SSSR count). The number of hydrogen-bond donors (Lipinski definition) is 1. The lowest BCUT2D eigenvalue weighted by Gasteiger charge is -2.37. The fourth-order valence-electron chi connectivity index (χ4n) is 6.89. The summed E-state index contributed by atoms with van der Waals surface area (Å²) in [6, 6.07) is 6.58. The van der Waals surface area contributed by atoms with Crippen LogP contribution in [0.4, 0.5) is 5.69 Å². The van der Waals surface area contributed by atoms with Gasteiger partial charge in [0.05, 0.1) is 30.3 Å². The molecule has 224 valence electrons. The largest absolute Gasteiger partial charge is 0.497 e. The maximum atomic E-state index is 14.6. The molecule has 1 aromatic carbocycles. The predicted octanol–water partition coefficient (Wildman–Crippen LogP) is 4.76. The number of allylic oxidation sites excluding steroid dienone is 1. The minimum Gasteiger partial charge on any atom is -0.497 e. The van der Waals surface area contributed by atoms with Crippen LogP contribution in [0.15, 0.2) is 49.6 Å². The van der Waals surface area contributed by atoms with Crippen LogP contribution in [-0.2, 0) is 19.1 Å². The molecule has 3 saturated heterocycles. The standard InChI is InChI=1S/C32H44N2O6S/c1-5-7-8-12-22-40-30(38)26-25-28(36)34(20-10-9-11-21-35)27(32(25)18-17-31(26,3)41-32)29(37)33(19-6-2)23-13-15-24(39-4)16-14-23/h5-6,13-16,25-27,35H,1-2,7-12,17-22H2,3-4H3/t25-,26+,27?,31-,32?/m0/s1. The summed E-state index contributed by atoms with van der Waals surface area (Å²) in [7, 11) is 1.59. The molecule has 2 bridgehead atoms. The Bertz CT molecular complexity index is 1130. The summed E-state index contributed by atoms with van der Waals surface area (Å²) in [6.07, 6.45) is 9.51. The van der Waals surface area contributed by atoms with Crippen LogP contribution in [0.25, 0.3) is 0 Å². The lowest BCUT2D eigenvalue weighted by Crippen LogP contribution is -2.55. The van der Waals surface area contributed by atoms with Crippen molar-refractivity contribution >= 4 is 35.2 Å². The van der Waals surface area contributed by atoms with Crippen molar-refractivity contribution in [3.8, 4) is 5.75 Å². The molecule has 2 amide bonds. The highest BCUT2D eigenvalue weighted by Crippen LogP contribution is 2.71. The molecule has 0 aliphatic carbocycles. The van der Waals surface area contributed by atoms with Crippen molar-refractivity contribution in [3.05, 3.63) is 49.6 Å². The van der Waals surface area contributed by atoms with Gasteiger partial charge in [-0.25, -0.2) is 0 Å². The van der Waals surface area contributed by atoms with Crippen LogP contribution in [-0.4, -0.2) is 76.7 Å². The Balaban J connectivity index is 1.67. The number of aliphatic hydroxyl groups excluding tert-OH is 1. The van der Waals surface area contributed by atoms with E-state index < -0.39 is 27.4 Å². The highest BCUT2D eigenvalue weighted by atomic mass is 32.2. The average Bonchev–Trinajstić information content (AvgIpc) is 3.54. The van der Waals surface area contributed by atoms with E-state index in [1.54, 1.807) is 34.7 Å². The Morgan fingerprint density at radius 3 is 2.54 bits per heavy atom. The molecule has 41 heavy (non-hydrogen) atoms. The number of thioether (sulfide) groups is 1. The number of anilines is 1. The predicted molar refractivity (Wildman–Crippen MR) is 162 cm³/mol. The molecule has 3 heterocycles. The number of amides is 2. The summed E-state index contributed by atoms with van der Waals surface area (Å²) in [6.45, 7) is 10.8. The SMILES string of the molecule is C=CCCCCOC(=O)[C@H]1[C@H]2C(=O)N(CCCCCO)C(C(=O)N(CC=C)c3ccc(OC)cc3)C23CC[C@]1(C)S3. The van der Waals surface area contributed by atoms with Gasteiger partial charge < -0.3 is 24.4 Å². The van der Waals surface area contributed by atoms with Gasteiger partial charge in [0.1, 0.15) is 11.8 Å². The number of ether oxygens (including phenoxy) is 2. The van der Waals surface area contributed by atoms with E-state index in [0.29, 0.717) is 43.9 Å². The number of unbranched alkanes of at least 4 members (excludes halogenated alkanes) is 4. The van der Waals surface area contributed by atoms with Crippen molar-refractivity contribution in [1.29, 1.82) is 0 Å². The highest BCUT2D eigenvalue weighted by Gasteiger charge is 2.77. The molecular weight excluding hydrogens is 540 g/mol. The van der Waals surface area contributed by atoms with Gasteiger partial charge >= 0.3 is 5.97 Å². The molecule has 3 aliphatic rings. The van der Waals surface area contributed by atoms with Crippen molar-refractivity contribution in [2.75, 3.05) is 38.3 Å². The first kappa shape index (κ1) is 31.2. The first-order valence-electron chi connectivity index (χ1n) is 14.7. The van der Waals surface area contributed by atoms with Crippen LogP contribution in [0.2, 0.25) is 0 Å². The van der Waals surface area contributed by atoms with Crippen molar-refractivity contribution in [1.82, 2.24) is 4.90 Å². The number of benzene rings is 1. The van der Waals surface area contributed by atoms with Crippen LogP contribution in [0.3, 0.4) is 0 Å². The Labute approximate surface area is 248 Å². The molecule has 0 saturated carbocycles. The van der Waals surface area contributed by atoms with Crippen LogP contribution < -0.4 is 9.64 Å². The average molecular weight is 585 g/mol. The van der Waals surface area contributed by atoms with Crippen LogP contribution in [0.5, 0.6) is 5.75 Å². The van der Waals surface area contributed by atoms with Crippen molar-refractivity contribution < 1.29 is 29.0 Å². The van der Waals surface area contributed by atoms with Gasteiger partial charge in [-0.1, -0.05) is 12.2 Å². The zero-order valence-corrected chi connectivity index (χ0v) is 25.2. The van der Waals surface area contributed by atoms with Gasteiger partial charge in [-0.05, 0) is 82.6 Å². The summed E-state index contributed by atoms with van der Waals surface area (Å²) in [5.74, 6) is -1.15. The summed E-state index contributed by atoms with van der Waals surface area (Å²) < 4.78 is 9.89. The fraction of sp³-hybridized carbons (Fsp3) is 0.594. The second-order valence-corrected chi connectivity index (χ2v) is 13.3. The van der Waals surface area contributed by atoms with E-state index in [4.69, 9.17) is 9.47 Å². The zero-order chi connectivity index (χ0) is 29.6. The monoisotopic (exact) mass is 584 g/mol. The number of methoxy groups -OCH3 is 1. The molecule has 8 nitrogen and oxygen atoms in total. The molecule has 3 fully saturated rings. The van der Waals surface area contributed by atoms with Crippen LogP contribution in [0, 0.1) is 11.8 Å². The van der Waals surface area contributed by atoms with Crippen LogP contribution in [0.1, 0.15) is 58.3 Å². The zero-order valence-electron chi connectivity index (χ0n) is 24.4. The quantitative estimate of drug-likeness (QED) is 0.170. The highest BCUT2D eigenvalue weighted by molar-refractivity contribution is 8.02. The summed E-state index contributed by atoms with van der Waals surface area (Å²) in [4.78, 5) is 45.8. The number of fused-ring (bicyclic) bond motifs is 1. The van der Waals surface area contributed by atoms with Crippen LogP contribution >= 0.6 is 11.8 Å². The van der Waals surface area contributed by atoms with Gasteiger partial charge in [-0.15, -0.1) is 24.9 Å². The van der Waals surface area contributed by atoms with E-state index in [9.17, 15) is 19.5 Å². The number of hydrogen-bond acceptors (Lipinski definition) is 7. The molecule has 2 unspecified atom stereocenters. The van der Waals surface area contributed by atoms with Gasteiger partial charge in [-0.3, -0.25) is 14.4 Å². The van der Waals surface area contributed by atoms with E-state index >= 15 is 0 Å².